The van der Waals surface area contributed by atoms with E-state index in [9.17, 15) is 39.9 Å². The number of aliphatic hydroxyl groups is 1. The predicted octanol–water partition coefficient (Wildman–Crippen LogP) is 1.47. The quantitative estimate of drug-likeness (QED) is 0.581. The number of anilines is 2. The van der Waals surface area contributed by atoms with E-state index < -0.39 is 37.5 Å². The van der Waals surface area contributed by atoms with E-state index >= 15 is 0 Å². The summed E-state index contributed by atoms with van der Waals surface area (Å²) in [4.78, 5) is 13.3. The van der Waals surface area contributed by atoms with Crippen molar-refractivity contribution in [2.75, 3.05) is 48.4 Å². The number of sulfonamides is 1. The lowest BCUT2D eigenvalue weighted by Gasteiger charge is -2.36. The van der Waals surface area contributed by atoms with Gasteiger partial charge in [0.25, 0.3) is 5.91 Å². The fraction of sp³-hybridized carbons (Fsp3) is 0.588. The fourth-order valence-corrected chi connectivity index (χ4v) is 5.29. The number of nitrogens with zero attached hydrogens (tertiary/aromatic N) is 2. The van der Waals surface area contributed by atoms with Crippen LogP contribution in [0.4, 0.5) is 24.5 Å². The van der Waals surface area contributed by atoms with Gasteiger partial charge in [0.2, 0.25) is 15.6 Å². The number of halogens is 4. The maximum Gasteiger partial charge on any atom is 0.426 e. The third-order valence-corrected chi connectivity index (χ3v) is 8.51. The molecule has 0 aliphatic carbocycles. The first-order valence-corrected chi connectivity index (χ1v) is 13.2. The minimum Gasteiger partial charge on any atom is -0.373 e. The highest BCUT2D eigenvalue weighted by molar-refractivity contribution is 7.91. The molecule has 182 valence electrons. The topological polar surface area (TPSA) is 124 Å². The number of rotatable bonds is 6. The molecular formula is C17H23ClF3N3O6S2. The largest absolute Gasteiger partial charge is 0.426 e. The molecule has 0 aromatic heterocycles. The number of hydrogen-bond donors (Lipinski definition) is 2. The Morgan fingerprint density at radius 1 is 1.16 bits per heavy atom. The van der Waals surface area contributed by atoms with E-state index in [1.807, 2.05) is 5.32 Å². The summed E-state index contributed by atoms with van der Waals surface area (Å²) >= 11 is 6.33. The smallest absolute Gasteiger partial charge is 0.373 e. The third kappa shape index (κ3) is 5.30. The van der Waals surface area contributed by atoms with Crippen molar-refractivity contribution in [2.45, 2.75) is 30.5 Å². The Bertz CT molecular complexity index is 1100. The number of carbonyl (C=O) groups excluding carboxylic acids is 1. The highest BCUT2D eigenvalue weighted by Crippen LogP contribution is 2.40. The van der Waals surface area contributed by atoms with Gasteiger partial charge in [0.05, 0.1) is 33.3 Å². The maximum absolute atomic E-state index is 13.0. The van der Waals surface area contributed by atoms with E-state index in [1.165, 1.54) is 16.1 Å². The second kappa shape index (κ2) is 8.97. The van der Waals surface area contributed by atoms with Crippen LogP contribution in [0.5, 0.6) is 0 Å². The number of nitrogens with one attached hydrogen (secondary N) is 1. The molecule has 0 bridgehead atoms. The van der Waals surface area contributed by atoms with Crippen molar-refractivity contribution >= 4 is 48.7 Å². The first-order valence-electron chi connectivity index (χ1n) is 9.29. The summed E-state index contributed by atoms with van der Waals surface area (Å²) in [5, 5.41) is 11.1. The lowest BCUT2D eigenvalue weighted by atomic mass is 10.1. The Kier molecular flexibility index (Phi) is 7.47. The molecule has 1 fully saturated rings. The van der Waals surface area contributed by atoms with Crippen LogP contribution in [-0.4, -0.2) is 82.1 Å². The highest BCUT2D eigenvalue weighted by Gasteiger charge is 2.56. The summed E-state index contributed by atoms with van der Waals surface area (Å²) < 4.78 is 88.8. The summed E-state index contributed by atoms with van der Waals surface area (Å²) in [6.07, 6.45) is -4.23. The molecule has 32 heavy (non-hydrogen) atoms. The van der Waals surface area contributed by atoms with E-state index in [0.29, 0.717) is 0 Å². The molecule has 15 heteroatoms. The van der Waals surface area contributed by atoms with Crippen molar-refractivity contribution in [2.24, 2.45) is 0 Å². The van der Waals surface area contributed by atoms with E-state index in [4.69, 9.17) is 11.6 Å². The summed E-state index contributed by atoms with van der Waals surface area (Å²) in [7, 11) is -7.31. The van der Waals surface area contributed by atoms with Crippen LogP contribution in [0.2, 0.25) is 5.02 Å². The second-order valence-corrected chi connectivity index (χ2v) is 12.0. The first kappa shape index (κ1) is 26.6. The van der Waals surface area contributed by atoms with Crippen LogP contribution in [0, 0.1) is 0 Å². The standard InChI is InChI=1S/C17H23ClF3N3O6S2/c1-4-32(29,30)12-6-5-11(22-15(25)16(2,26)17(19,20)21)13(18)14(12)23-7-9-24(10-8-23)31(3,27)28/h5-6,26H,4,7-10H2,1-3H3,(H,22,25)/t16-/m1/s1. The van der Waals surface area contributed by atoms with E-state index in [0.717, 1.165) is 18.4 Å². The second-order valence-electron chi connectivity index (χ2n) is 7.35. The van der Waals surface area contributed by atoms with Crippen molar-refractivity contribution in [3.8, 4) is 0 Å². The van der Waals surface area contributed by atoms with Gasteiger partial charge in [-0.05, 0) is 19.1 Å². The van der Waals surface area contributed by atoms with Crippen LogP contribution in [-0.2, 0) is 24.7 Å². The molecule has 1 saturated heterocycles. The molecule has 1 amide bonds. The lowest BCUT2D eigenvalue weighted by Crippen LogP contribution is -2.52. The Morgan fingerprint density at radius 3 is 2.12 bits per heavy atom. The van der Waals surface area contributed by atoms with Gasteiger partial charge >= 0.3 is 6.18 Å². The van der Waals surface area contributed by atoms with Crippen LogP contribution < -0.4 is 10.2 Å². The number of hydrogen-bond acceptors (Lipinski definition) is 7. The molecule has 9 nitrogen and oxygen atoms in total. The van der Waals surface area contributed by atoms with Gasteiger partial charge in [-0.25, -0.2) is 16.8 Å². The number of carbonyl (C=O) groups is 1. The number of alkyl halides is 3. The van der Waals surface area contributed by atoms with Crippen molar-refractivity contribution in [3.05, 3.63) is 17.2 Å². The average Bonchev–Trinajstić information content (AvgIpc) is 2.67. The zero-order valence-electron chi connectivity index (χ0n) is 17.4. The Hall–Kier alpha value is -1.61. The van der Waals surface area contributed by atoms with Crippen molar-refractivity contribution in [1.29, 1.82) is 0 Å². The fourth-order valence-electron chi connectivity index (χ4n) is 2.96. The van der Waals surface area contributed by atoms with Gasteiger partial charge in [0.1, 0.15) is 0 Å². The van der Waals surface area contributed by atoms with Crippen LogP contribution in [0.25, 0.3) is 0 Å². The monoisotopic (exact) mass is 521 g/mol. The van der Waals surface area contributed by atoms with Gasteiger partial charge < -0.3 is 15.3 Å². The molecule has 0 spiro atoms. The molecule has 2 rings (SSSR count). The van der Waals surface area contributed by atoms with E-state index in [-0.39, 0.29) is 60.1 Å². The first-order chi connectivity index (χ1) is 14.4. The summed E-state index contributed by atoms with van der Waals surface area (Å²) in [5.74, 6) is -2.10. The average molecular weight is 522 g/mol. The molecule has 1 heterocycles. The molecule has 0 saturated carbocycles. The number of piperazine rings is 1. The Labute approximate surface area is 189 Å². The SMILES string of the molecule is CCS(=O)(=O)c1ccc(NC(=O)[C@@](C)(O)C(F)(F)F)c(Cl)c1N1CCN(S(C)(=O)=O)CC1. The molecule has 2 N–H and O–H groups in total. The zero-order chi connectivity index (χ0) is 24.7. The number of sulfone groups is 1. The normalized spacial score (nSPS) is 18.3. The molecule has 1 aromatic carbocycles. The minimum atomic E-state index is -5.26. The van der Waals surface area contributed by atoms with Crippen LogP contribution >= 0.6 is 11.6 Å². The molecule has 0 unspecified atom stereocenters. The minimum absolute atomic E-state index is 0.0279. The van der Waals surface area contributed by atoms with Gasteiger partial charge in [0, 0.05) is 26.2 Å². The zero-order valence-corrected chi connectivity index (χ0v) is 19.8. The highest BCUT2D eigenvalue weighted by atomic mass is 35.5. The van der Waals surface area contributed by atoms with Crippen molar-refractivity contribution in [1.82, 2.24) is 4.31 Å². The van der Waals surface area contributed by atoms with Gasteiger partial charge in [-0.1, -0.05) is 18.5 Å². The van der Waals surface area contributed by atoms with Crippen LogP contribution in [0.15, 0.2) is 17.0 Å². The predicted molar refractivity (Wildman–Crippen MR) is 113 cm³/mol. The van der Waals surface area contributed by atoms with Crippen molar-refractivity contribution in [3.63, 3.8) is 0 Å². The summed E-state index contributed by atoms with van der Waals surface area (Å²) in [6, 6.07) is 2.13. The van der Waals surface area contributed by atoms with Crippen LogP contribution in [0.1, 0.15) is 13.8 Å². The van der Waals surface area contributed by atoms with E-state index in [1.54, 1.807) is 0 Å². The Balaban J connectivity index is 2.51. The van der Waals surface area contributed by atoms with Gasteiger partial charge in [0.15, 0.2) is 9.84 Å². The van der Waals surface area contributed by atoms with Crippen LogP contribution in [0.3, 0.4) is 0 Å². The third-order valence-electron chi connectivity index (χ3n) is 5.06. The maximum atomic E-state index is 13.0. The molecule has 1 aliphatic heterocycles. The molecule has 1 aliphatic rings. The van der Waals surface area contributed by atoms with Gasteiger partial charge in [-0.2, -0.15) is 17.5 Å². The lowest BCUT2D eigenvalue weighted by molar-refractivity contribution is -0.242. The molecule has 1 aromatic rings. The Morgan fingerprint density at radius 2 is 1.69 bits per heavy atom. The van der Waals surface area contributed by atoms with E-state index in [2.05, 4.69) is 0 Å². The summed E-state index contributed by atoms with van der Waals surface area (Å²) in [5.41, 5.74) is -4.12. The van der Waals surface area contributed by atoms with Crippen molar-refractivity contribution < 1.29 is 39.9 Å². The van der Waals surface area contributed by atoms with Gasteiger partial charge in [-0.3, -0.25) is 4.79 Å². The van der Waals surface area contributed by atoms with Gasteiger partial charge in [-0.15, -0.1) is 0 Å². The number of amides is 1. The molecule has 0 radical (unpaired) electrons. The number of benzene rings is 1. The molecular weight excluding hydrogens is 499 g/mol. The summed E-state index contributed by atoms with van der Waals surface area (Å²) in [6.45, 7) is 1.83. The molecule has 1 atom stereocenters.